The quantitative estimate of drug-likeness (QED) is 0.674. The molecule has 3 aromatic rings. The van der Waals surface area contributed by atoms with E-state index in [1.54, 1.807) is 61.3 Å². The van der Waals surface area contributed by atoms with Crippen molar-refractivity contribution in [2.24, 2.45) is 0 Å². The number of benzene rings is 1. The summed E-state index contributed by atoms with van der Waals surface area (Å²) >= 11 is 0. The second-order valence-corrected chi connectivity index (χ2v) is 6.49. The van der Waals surface area contributed by atoms with Crippen molar-refractivity contribution in [2.75, 3.05) is 6.61 Å². The number of amides is 1. The molecular weight excluding hydrogens is 385 g/mol. The highest BCUT2D eigenvalue weighted by Gasteiger charge is 2.29. The number of pyridine rings is 1. The number of carbonyl (C=O) groups is 1. The van der Waals surface area contributed by atoms with E-state index in [1.165, 1.54) is 6.20 Å². The van der Waals surface area contributed by atoms with E-state index in [2.05, 4.69) is 15.4 Å². The fourth-order valence-electron chi connectivity index (χ4n) is 2.70. The number of alkyl halides is 3. The van der Waals surface area contributed by atoms with Crippen LogP contribution in [0.1, 0.15) is 34.5 Å². The number of hydrogen-bond donors (Lipinski definition) is 1. The fourth-order valence-corrected chi connectivity index (χ4v) is 2.70. The summed E-state index contributed by atoms with van der Waals surface area (Å²) in [4.78, 5) is 16.5. The zero-order valence-electron chi connectivity index (χ0n) is 15.8. The first kappa shape index (κ1) is 20.4. The normalized spacial score (nSPS) is 12.4. The van der Waals surface area contributed by atoms with Gasteiger partial charge in [-0.25, -0.2) is 9.67 Å². The van der Waals surface area contributed by atoms with Crippen LogP contribution in [0.3, 0.4) is 0 Å². The van der Waals surface area contributed by atoms with Gasteiger partial charge in [-0.05, 0) is 49.7 Å². The molecule has 0 fully saturated rings. The maximum Gasteiger partial charge on any atom is 0.422 e. The molecule has 6 nitrogen and oxygen atoms in total. The van der Waals surface area contributed by atoms with Crippen LogP contribution in [0.5, 0.6) is 5.88 Å². The van der Waals surface area contributed by atoms with Gasteiger partial charge < -0.3 is 10.1 Å². The van der Waals surface area contributed by atoms with E-state index in [0.29, 0.717) is 16.7 Å². The lowest BCUT2D eigenvalue weighted by molar-refractivity contribution is -0.154. The van der Waals surface area contributed by atoms with Crippen molar-refractivity contribution in [1.82, 2.24) is 20.1 Å². The standard InChI is InChI=1S/C20H19F3N4O2/c1-13-9-16(11-24-19(13)29-12-20(21,22)23)14(2)26-18(28)15-5-3-6-17(10-15)27-8-4-7-25-27/h3-11,14H,12H2,1-2H3,(H,26,28). The van der Waals surface area contributed by atoms with Crippen molar-refractivity contribution < 1.29 is 22.7 Å². The number of nitrogens with zero attached hydrogens (tertiary/aromatic N) is 3. The van der Waals surface area contributed by atoms with Gasteiger partial charge in [-0.2, -0.15) is 18.3 Å². The van der Waals surface area contributed by atoms with Crippen molar-refractivity contribution in [3.63, 3.8) is 0 Å². The maximum absolute atomic E-state index is 12.6. The number of carbonyl (C=O) groups excluding carboxylic acids is 1. The topological polar surface area (TPSA) is 69.0 Å². The molecule has 1 unspecified atom stereocenters. The first-order chi connectivity index (χ1) is 13.7. The molecule has 1 amide bonds. The molecular formula is C20H19F3N4O2. The highest BCUT2D eigenvalue weighted by Crippen LogP contribution is 2.23. The third-order valence-electron chi connectivity index (χ3n) is 4.15. The van der Waals surface area contributed by atoms with Crippen LogP contribution in [0.2, 0.25) is 0 Å². The zero-order chi connectivity index (χ0) is 21.0. The SMILES string of the molecule is Cc1cc(C(C)NC(=O)c2cccc(-n3cccn3)c2)cnc1OCC(F)(F)F. The minimum Gasteiger partial charge on any atom is -0.468 e. The average molecular weight is 404 g/mol. The monoisotopic (exact) mass is 404 g/mol. The molecule has 0 radical (unpaired) electrons. The summed E-state index contributed by atoms with van der Waals surface area (Å²) in [6.07, 6.45) is 0.380. The summed E-state index contributed by atoms with van der Waals surface area (Å²) in [6, 6.07) is 10.0. The molecule has 2 aromatic heterocycles. The van der Waals surface area contributed by atoms with Gasteiger partial charge in [0.05, 0.1) is 11.7 Å². The molecule has 29 heavy (non-hydrogen) atoms. The molecule has 0 spiro atoms. The van der Waals surface area contributed by atoms with Crippen LogP contribution in [0, 0.1) is 6.92 Å². The molecule has 2 heterocycles. The van der Waals surface area contributed by atoms with E-state index in [1.807, 2.05) is 6.07 Å². The van der Waals surface area contributed by atoms with Crippen molar-refractivity contribution >= 4 is 5.91 Å². The molecule has 0 aliphatic rings. The molecule has 1 atom stereocenters. The number of ether oxygens (including phenoxy) is 1. The van der Waals surface area contributed by atoms with Gasteiger partial charge in [0, 0.05) is 29.7 Å². The summed E-state index contributed by atoms with van der Waals surface area (Å²) in [6.45, 7) is 1.96. The Morgan fingerprint density at radius 3 is 2.72 bits per heavy atom. The van der Waals surface area contributed by atoms with Crippen LogP contribution in [0.25, 0.3) is 5.69 Å². The maximum atomic E-state index is 12.6. The summed E-state index contributed by atoms with van der Waals surface area (Å²) in [5, 5.41) is 7.00. The molecule has 0 aliphatic carbocycles. The van der Waals surface area contributed by atoms with Gasteiger partial charge in [0.2, 0.25) is 5.88 Å². The Labute approximate surface area is 165 Å². The third kappa shape index (κ3) is 5.34. The molecule has 0 saturated carbocycles. The predicted molar refractivity (Wildman–Crippen MR) is 100.0 cm³/mol. The van der Waals surface area contributed by atoms with Crippen molar-refractivity contribution in [3.05, 3.63) is 71.7 Å². The van der Waals surface area contributed by atoms with Gasteiger partial charge >= 0.3 is 6.18 Å². The fraction of sp³-hybridized carbons (Fsp3) is 0.250. The molecule has 0 saturated heterocycles. The van der Waals surface area contributed by atoms with Crippen molar-refractivity contribution in [2.45, 2.75) is 26.1 Å². The summed E-state index contributed by atoms with van der Waals surface area (Å²) < 4.78 is 43.2. The van der Waals surface area contributed by atoms with Gasteiger partial charge in [-0.15, -0.1) is 0 Å². The van der Waals surface area contributed by atoms with E-state index in [4.69, 9.17) is 4.74 Å². The highest BCUT2D eigenvalue weighted by atomic mass is 19.4. The van der Waals surface area contributed by atoms with Crippen LogP contribution in [0.15, 0.2) is 55.0 Å². The second kappa shape index (κ2) is 8.34. The van der Waals surface area contributed by atoms with Crippen LogP contribution in [-0.4, -0.2) is 33.5 Å². The average Bonchev–Trinajstić information content (AvgIpc) is 3.21. The molecule has 1 N–H and O–H groups in total. The Balaban J connectivity index is 1.68. The number of aryl methyl sites for hydroxylation is 1. The summed E-state index contributed by atoms with van der Waals surface area (Å²) in [5.74, 6) is -0.377. The number of nitrogens with one attached hydrogen (secondary N) is 1. The van der Waals surface area contributed by atoms with Gasteiger partial charge in [-0.3, -0.25) is 4.79 Å². The smallest absolute Gasteiger partial charge is 0.422 e. The van der Waals surface area contributed by atoms with E-state index < -0.39 is 18.8 Å². The van der Waals surface area contributed by atoms with Crippen molar-refractivity contribution in [3.8, 4) is 11.6 Å². The molecule has 0 aliphatic heterocycles. The zero-order valence-corrected chi connectivity index (χ0v) is 15.8. The summed E-state index contributed by atoms with van der Waals surface area (Å²) in [7, 11) is 0. The largest absolute Gasteiger partial charge is 0.468 e. The van der Waals surface area contributed by atoms with Crippen LogP contribution < -0.4 is 10.1 Å². The van der Waals surface area contributed by atoms with Gasteiger partial charge in [-0.1, -0.05) is 6.07 Å². The number of hydrogen-bond acceptors (Lipinski definition) is 4. The number of rotatable bonds is 6. The first-order valence-corrected chi connectivity index (χ1v) is 8.80. The Morgan fingerprint density at radius 1 is 1.28 bits per heavy atom. The van der Waals surface area contributed by atoms with E-state index >= 15 is 0 Å². The third-order valence-corrected chi connectivity index (χ3v) is 4.15. The number of aromatic nitrogens is 3. The summed E-state index contributed by atoms with van der Waals surface area (Å²) in [5.41, 5.74) is 2.31. The van der Waals surface area contributed by atoms with Crippen LogP contribution >= 0.6 is 0 Å². The van der Waals surface area contributed by atoms with E-state index in [9.17, 15) is 18.0 Å². The highest BCUT2D eigenvalue weighted by molar-refractivity contribution is 5.95. The van der Waals surface area contributed by atoms with Crippen LogP contribution in [0.4, 0.5) is 13.2 Å². The lowest BCUT2D eigenvalue weighted by Gasteiger charge is -2.16. The van der Waals surface area contributed by atoms with E-state index in [0.717, 1.165) is 5.69 Å². The molecule has 152 valence electrons. The minimum atomic E-state index is -4.43. The van der Waals surface area contributed by atoms with E-state index in [-0.39, 0.29) is 11.8 Å². The first-order valence-electron chi connectivity index (χ1n) is 8.80. The van der Waals surface area contributed by atoms with Crippen molar-refractivity contribution in [1.29, 1.82) is 0 Å². The molecule has 0 bridgehead atoms. The van der Waals surface area contributed by atoms with Gasteiger partial charge in [0.15, 0.2) is 6.61 Å². The lowest BCUT2D eigenvalue weighted by atomic mass is 10.1. The Morgan fingerprint density at radius 2 is 2.07 bits per heavy atom. The minimum absolute atomic E-state index is 0.0866. The predicted octanol–water partition coefficient (Wildman–Crippen LogP) is 4.01. The number of halogens is 3. The van der Waals surface area contributed by atoms with Gasteiger partial charge in [0.25, 0.3) is 5.91 Å². The molecule has 9 heteroatoms. The molecule has 1 aromatic carbocycles. The Kier molecular flexibility index (Phi) is 5.86. The lowest BCUT2D eigenvalue weighted by Crippen LogP contribution is -2.27. The van der Waals surface area contributed by atoms with Gasteiger partial charge in [0.1, 0.15) is 0 Å². The molecule has 3 rings (SSSR count). The Hall–Kier alpha value is -3.36. The van der Waals surface area contributed by atoms with Crippen LogP contribution in [-0.2, 0) is 0 Å². The second-order valence-electron chi connectivity index (χ2n) is 6.49. The Bertz CT molecular complexity index is 988.